The number of nitrogens with zero attached hydrogens (tertiary/aromatic N) is 3. The monoisotopic (exact) mass is 333 g/mol. The van der Waals surface area contributed by atoms with Crippen LogP contribution in [0.15, 0.2) is 16.7 Å². The molecule has 1 saturated carbocycles. The van der Waals surface area contributed by atoms with Gasteiger partial charge in [0.15, 0.2) is 5.69 Å². The molecule has 0 saturated heterocycles. The topological polar surface area (TPSA) is 30.7 Å². The lowest BCUT2D eigenvalue weighted by Gasteiger charge is -2.10. The van der Waals surface area contributed by atoms with Crippen molar-refractivity contribution in [3.63, 3.8) is 0 Å². The summed E-state index contributed by atoms with van der Waals surface area (Å²) >= 11 is 3.11. The Labute approximate surface area is 115 Å². The van der Waals surface area contributed by atoms with E-state index in [0.29, 0.717) is 10.1 Å². The van der Waals surface area contributed by atoms with Crippen LogP contribution in [0.4, 0.5) is 13.2 Å². The molecule has 0 spiro atoms. The third-order valence-corrected chi connectivity index (χ3v) is 3.90. The van der Waals surface area contributed by atoms with Gasteiger partial charge in [-0.25, -0.2) is 4.98 Å². The standard InChI is InChI=1S/C12H11BrF3N3/c13-9-6-5-8-10(17-9)11(12(14,15)16)18-19(8)7-3-1-2-4-7/h5-7H,1-4H2. The first-order valence-corrected chi connectivity index (χ1v) is 6.88. The van der Waals surface area contributed by atoms with Crippen LogP contribution >= 0.6 is 15.9 Å². The Hall–Kier alpha value is -1.11. The van der Waals surface area contributed by atoms with Crippen LogP contribution in [0.1, 0.15) is 37.4 Å². The summed E-state index contributed by atoms with van der Waals surface area (Å²) in [5.41, 5.74) is -0.507. The van der Waals surface area contributed by atoms with Crippen LogP contribution in [-0.4, -0.2) is 14.8 Å². The summed E-state index contributed by atoms with van der Waals surface area (Å²) in [4.78, 5) is 3.95. The third-order valence-electron chi connectivity index (χ3n) is 3.46. The molecule has 3 nitrogen and oxygen atoms in total. The van der Waals surface area contributed by atoms with Crippen molar-refractivity contribution in [2.24, 2.45) is 0 Å². The summed E-state index contributed by atoms with van der Waals surface area (Å²) in [7, 11) is 0. The highest BCUT2D eigenvalue weighted by atomic mass is 79.9. The second-order valence-corrected chi connectivity index (χ2v) is 5.54. The van der Waals surface area contributed by atoms with E-state index in [1.165, 1.54) is 4.68 Å². The number of pyridine rings is 1. The smallest absolute Gasteiger partial charge is 0.260 e. The molecule has 2 aromatic rings. The summed E-state index contributed by atoms with van der Waals surface area (Å²) in [6, 6.07) is 3.35. The second kappa shape index (κ2) is 4.47. The van der Waals surface area contributed by atoms with Crippen LogP contribution < -0.4 is 0 Å². The Balaban J connectivity index is 2.23. The molecule has 0 atom stereocenters. The van der Waals surface area contributed by atoms with Crippen molar-refractivity contribution in [3.05, 3.63) is 22.4 Å². The molecule has 0 radical (unpaired) electrons. The molecule has 19 heavy (non-hydrogen) atoms. The molecule has 2 aromatic heterocycles. The van der Waals surface area contributed by atoms with E-state index in [4.69, 9.17) is 0 Å². The SMILES string of the molecule is FC(F)(F)c1nn(C2CCCC2)c2ccc(Br)nc12. The summed E-state index contributed by atoms with van der Waals surface area (Å²) < 4.78 is 40.9. The summed E-state index contributed by atoms with van der Waals surface area (Å²) in [6.07, 6.45) is -0.640. The van der Waals surface area contributed by atoms with Crippen molar-refractivity contribution in [2.45, 2.75) is 37.9 Å². The fourth-order valence-electron chi connectivity index (χ4n) is 2.61. The Morgan fingerprint density at radius 2 is 1.89 bits per heavy atom. The zero-order chi connectivity index (χ0) is 13.6. The number of hydrogen-bond acceptors (Lipinski definition) is 2. The van der Waals surface area contributed by atoms with Gasteiger partial charge in [0.25, 0.3) is 0 Å². The minimum Gasteiger partial charge on any atom is -0.260 e. The summed E-state index contributed by atoms with van der Waals surface area (Å²) in [5.74, 6) is 0. The lowest BCUT2D eigenvalue weighted by Crippen LogP contribution is -2.10. The van der Waals surface area contributed by atoms with E-state index in [1.807, 2.05) is 0 Å². The van der Waals surface area contributed by atoms with Crippen LogP contribution in [-0.2, 0) is 6.18 Å². The maximum absolute atomic E-state index is 13.0. The van der Waals surface area contributed by atoms with Gasteiger partial charge in [-0.05, 0) is 40.9 Å². The quantitative estimate of drug-likeness (QED) is 0.727. The lowest BCUT2D eigenvalue weighted by atomic mass is 10.2. The molecule has 102 valence electrons. The molecule has 3 rings (SSSR count). The highest BCUT2D eigenvalue weighted by molar-refractivity contribution is 9.10. The first kappa shape index (κ1) is 12.9. The van der Waals surface area contributed by atoms with Gasteiger partial charge in [0, 0.05) is 0 Å². The van der Waals surface area contributed by atoms with E-state index in [0.717, 1.165) is 25.7 Å². The number of rotatable bonds is 1. The highest BCUT2D eigenvalue weighted by Gasteiger charge is 2.38. The van der Waals surface area contributed by atoms with Gasteiger partial charge in [0.2, 0.25) is 0 Å². The van der Waals surface area contributed by atoms with Crippen molar-refractivity contribution in [2.75, 3.05) is 0 Å². The second-order valence-electron chi connectivity index (χ2n) is 4.73. The Morgan fingerprint density at radius 3 is 2.53 bits per heavy atom. The molecular weight excluding hydrogens is 323 g/mol. The van der Waals surface area contributed by atoms with E-state index in [-0.39, 0.29) is 11.6 Å². The minimum atomic E-state index is -4.48. The Bertz CT molecular complexity index is 614. The molecule has 0 N–H and O–H groups in total. The van der Waals surface area contributed by atoms with Crippen molar-refractivity contribution in [1.82, 2.24) is 14.8 Å². The van der Waals surface area contributed by atoms with E-state index in [2.05, 4.69) is 26.0 Å². The summed E-state index contributed by atoms with van der Waals surface area (Å²) in [5, 5.41) is 3.79. The number of fused-ring (bicyclic) bond motifs is 1. The van der Waals surface area contributed by atoms with Crippen molar-refractivity contribution in [1.29, 1.82) is 0 Å². The van der Waals surface area contributed by atoms with Gasteiger partial charge < -0.3 is 0 Å². The minimum absolute atomic E-state index is 0.0570. The molecule has 0 bridgehead atoms. The van der Waals surface area contributed by atoms with Gasteiger partial charge in [-0.15, -0.1) is 0 Å². The van der Waals surface area contributed by atoms with Crippen LogP contribution in [0, 0.1) is 0 Å². The molecule has 2 heterocycles. The van der Waals surface area contributed by atoms with Crippen molar-refractivity contribution in [3.8, 4) is 0 Å². The number of aromatic nitrogens is 3. The predicted octanol–water partition coefficient (Wildman–Crippen LogP) is 4.33. The van der Waals surface area contributed by atoms with Gasteiger partial charge in [-0.3, -0.25) is 4.68 Å². The average Bonchev–Trinajstić information content (AvgIpc) is 2.92. The van der Waals surface area contributed by atoms with Gasteiger partial charge in [-0.1, -0.05) is 12.8 Å². The number of halogens is 4. The predicted molar refractivity (Wildman–Crippen MR) is 67.7 cm³/mol. The van der Waals surface area contributed by atoms with Crippen LogP contribution in [0.5, 0.6) is 0 Å². The lowest BCUT2D eigenvalue weighted by molar-refractivity contribution is -0.140. The van der Waals surface area contributed by atoms with Crippen LogP contribution in [0.25, 0.3) is 11.0 Å². The molecule has 0 amide bonds. The molecule has 7 heteroatoms. The van der Waals surface area contributed by atoms with E-state index in [1.54, 1.807) is 12.1 Å². The largest absolute Gasteiger partial charge is 0.437 e. The number of hydrogen-bond donors (Lipinski definition) is 0. The fourth-order valence-corrected chi connectivity index (χ4v) is 2.92. The van der Waals surface area contributed by atoms with Crippen LogP contribution in [0.2, 0.25) is 0 Å². The van der Waals surface area contributed by atoms with Gasteiger partial charge in [0.1, 0.15) is 10.1 Å². The van der Waals surface area contributed by atoms with E-state index >= 15 is 0 Å². The van der Waals surface area contributed by atoms with E-state index in [9.17, 15) is 13.2 Å². The van der Waals surface area contributed by atoms with Gasteiger partial charge in [-0.2, -0.15) is 18.3 Å². The Morgan fingerprint density at radius 1 is 1.21 bits per heavy atom. The van der Waals surface area contributed by atoms with Crippen LogP contribution in [0.3, 0.4) is 0 Å². The zero-order valence-electron chi connectivity index (χ0n) is 9.91. The first-order valence-electron chi connectivity index (χ1n) is 6.09. The average molecular weight is 334 g/mol. The highest BCUT2D eigenvalue weighted by Crippen LogP contribution is 2.37. The molecule has 1 aliphatic carbocycles. The molecule has 0 unspecified atom stereocenters. The molecular formula is C12H11BrF3N3. The summed E-state index contributed by atoms with van der Waals surface area (Å²) in [6.45, 7) is 0. The van der Waals surface area contributed by atoms with Crippen molar-refractivity contribution >= 4 is 27.0 Å². The van der Waals surface area contributed by atoms with Gasteiger partial charge >= 0.3 is 6.18 Å². The normalized spacial score (nSPS) is 17.5. The molecule has 1 aliphatic rings. The Kier molecular flexibility index (Phi) is 3.03. The fraction of sp³-hybridized carbons (Fsp3) is 0.500. The maximum atomic E-state index is 13.0. The number of alkyl halides is 3. The van der Waals surface area contributed by atoms with Gasteiger partial charge in [0.05, 0.1) is 11.6 Å². The molecule has 0 aromatic carbocycles. The van der Waals surface area contributed by atoms with E-state index < -0.39 is 11.9 Å². The molecule has 0 aliphatic heterocycles. The third kappa shape index (κ3) is 2.24. The maximum Gasteiger partial charge on any atom is 0.437 e. The first-order chi connectivity index (χ1) is 8.97. The zero-order valence-corrected chi connectivity index (χ0v) is 11.5. The molecule has 1 fully saturated rings. The van der Waals surface area contributed by atoms with Crippen molar-refractivity contribution < 1.29 is 13.2 Å².